The molecule has 0 atom stereocenters. The molecule has 0 saturated carbocycles. The lowest BCUT2D eigenvalue weighted by molar-refractivity contribution is -0.123. The smallest absolute Gasteiger partial charge is 0.343 e. The summed E-state index contributed by atoms with van der Waals surface area (Å²) < 4.78 is 21.5. The van der Waals surface area contributed by atoms with Crippen LogP contribution in [0, 0.1) is 0 Å². The molecule has 1 N–H and O–H groups in total. The third-order valence-corrected chi connectivity index (χ3v) is 4.70. The first kappa shape index (κ1) is 24.6. The minimum atomic E-state index is -0.534. The zero-order valence-electron chi connectivity index (χ0n) is 18.6. The number of ether oxygens (including phenoxy) is 4. The summed E-state index contributed by atoms with van der Waals surface area (Å²) >= 11 is 5.98. The molecular formula is C25H23ClN2O6. The van der Waals surface area contributed by atoms with Gasteiger partial charge in [-0.1, -0.05) is 23.7 Å². The molecule has 0 aliphatic rings. The van der Waals surface area contributed by atoms with Crippen LogP contribution in [0.3, 0.4) is 0 Å². The van der Waals surface area contributed by atoms with Gasteiger partial charge in [0.2, 0.25) is 0 Å². The Morgan fingerprint density at radius 1 is 0.971 bits per heavy atom. The van der Waals surface area contributed by atoms with Crippen molar-refractivity contribution < 1.29 is 28.5 Å². The van der Waals surface area contributed by atoms with E-state index in [2.05, 4.69) is 10.5 Å². The number of methoxy groups -OCH3 is 1. The van der Waals surface area contributed by atoms with Crippen LogP contribution in [0.5, 0.6) is 23.0 Å². The molecule has 0 heterocycles. The van der Waals surface area contributed by atoms with E-state index in [0.29, 0.717) is 40.0 Å². The van der Waals surface area contributed by atoms with Crippen LogP contribution in [0.25, 0.3) is 0 Å². The van der Waals surface area contributed by atoms with Crippen molar-refractivity contribution in [3.8, 4) is 23.0 Å². The van der Waals surface area contributed by atoms with Crippen LogP contribution in [0.15, 0.2) is 71.8 Å². The van der Waals surface area contributed by atoms with Crippen LogP contribution in [-0.2, 0) is 4.79 Å². The van der Waals surface area contributed by atoms with E-state index in [4.69, 9.17) is 30.5 Å². The van der Waals surface area contributed by atoms with Gasteiger partial charge in [-0.3, -0.25) is 4.79 Å². The van der Waals surface area contributed by atoms with Gasteiger partial charge in [0.15, 0.2) is 18.1 Å². The molecule has 0 saturated heterocycles. The third kappa shape index (κ3) is 6.98. The molecule has 8 nitrogen and oxygen atoms in total. The van der Waals surface area contributed by atoms with E-state index in [0.717, 1.165) is 0 Å². The van der Waals surface area contributed by atoms with Gasteiger partial charge < -0.3 is 18.9 Å². The van der Waals surface area contributed by atoms with Gasteiger partial charge in [0, 0.05) is 0 Å². The monoisotopic (exact) mass is 482 g/mol. The molecule has 0 unspecified atom stereocenters. The third-order valence-electron chi connectivity index (χ3n) is 4.39. The molecule has 0 radical (unpaired) electrons. The molecule has 3 rings (SSSR count). The standard InChI is InChI=1S/C25H23ClN2O6/c1-3-32-19-11-9-18(10-12-19)25(30)34-22-13-8-17(14-23(22)31-2)15-27-28-24(29)16-33-21-7-5-4-6-20(21)26/h4-15H,3,16H2,1-2H3,(H,28,29). The quantitative estimate of drug-likeness (QED) is 0.198. The largest absolute Gasteiger partial charge is 0.494 e. The minimum absolute atomic E-state index is 0.245. The normalized spacial score (nSPS) is 10.6. The molecule has 9 heteroatoms. The van der Waals surface area contributed by atoms with Crippen molar-refractivity contribution >= 4 is 29.7 Å². The van der Waals surface area contributed by atoms with E-state index in [1.165, 1.54) is 13.3 Å². The Labute approximate surface area is 202 Å². The van der Waals surface area contributed by atoms with Crippen molar-refractivity contribution in [2.24, 2.45) is 5.10 Å². The molecule has 0 spiro atoms. The molecule has 0 aromatic heterocycles. The highest BCUT2D eigenvalue weighted by molar-refractivity contribution is 6.32. The molecule has 0 aliphatic heterocycles. The number of nitrogens with zero attached hydrogens (tertiary/aromatic N) is 1. The average Bonchev–Trinajstić information content (AvgIpc) is 2.85. The van der Waals surface area contributed by atoms with Crippen molar-refractivity contribution in [1.82, 2.24) is 5.43 Å². The number of halogens is 1. The van der Waals surface area contributed by atoms with Gasteiger partial charge in [0.1, 0.15) is 11.5 Å². The van der Waals surface area contributed by atoms with Gasteiger partial charge in [-0.25, -0.2) is 10.2 Å². The first-order valence-corrected chi connectivity index (χ1v) is 10.7. The molecule has 3 aromatic carbocycles. The number of carbonyl (C=O) groups excluding carboxylic acids is 2. The lowest BCUT2D eigenvalue weighted by Gasteiger charge is -2.10. The van der Waals surface area contributed by atoms with E-state index in [-0.39, 0.29) is 12.4 Å². The van der Waals surface area contributed by atoms with Crippen molar-refractivity contribution in [2.45, 2.75) is 6.92 Å². The highest BCUT2D eigenvalue weighted by Gasteiger charge is 2.13. The molecule has 176 valence electrons. The average molecular weight is 483 g/mol. The van der Waals surface area contributed by atoms with Crippen molar-refractivity contribution in [1.29, 1.82) is 0 Å². The van der Waals surface area contributed by atoms with Crippen molar-refractivity contribution in [3.05, 3.63) is 82.9 Å². The number of nitrogens with one attached hydrogen (secondary N) is 1. The summed E-state index contributed by atoms with van der Waals surface area (Å²) in [6, 6.07) is 18.4. The zero-order chi connectivity index (χ0) is 24.3. The first-order valence-electron chi connectivity index (χ1n) is 10.3. The minimum Gasteiger partial charge on any atom is -0.494 e. The van der Waals surface area contributed by atoms with E-state index >= 15 is 0 Å². The maximum Gasteiger partial charge on any atom is 0.343 e. The fourth-order valence-electron chi connectivity index (χ4n) is 2.78. The second kappa shape index (κ2) is 12.3. The van der Waals surface area contributed by atoms with Crippen LogP contribution in [0.1, 0.15) is 22.8 Å². The maximum atomic E-state index is 12.5. The lowest BCUT2D eigenvalue weighted by atomic mass is 10.2. The Morgan fingerprint density at radius 2 is 1.74 bits per heavy atom. The molecule has 34 heavy (non-hydrogen) atoms. The lowest BCUT2D eigenvalue weighted by Crippen LogP contribution is -2.24. The Balaban J connectivity index is 1.56. The zero-order valence-corrected chi connectivity index (χ0v) is 19.4. The van der Waals surface area contributed by atoms with E-state index in [9.17, 15) is 9.59 Å². The number of hydrogen-bond donors (Lipinski definition) is 1. The van der Waals surface area contributed by atoms with Gasteiger partial charge in [-0.05, 0) is 67.1 Å². The van der Waals surface area contributed by atoms with Gasteiger partial charge >= 0.3 is 5.97 Å². The highest BCUT2D eigenvalue weighted by Crippen LogP contribution is 2.28. The molecule has 0 fully saturated rings. The van der Waals surface area contributed by atoms with Crippen LogP contribution in [0.4, 0.5) is 0 Å². The molecule has 3 aromatic rings. The second-order valence-corrected chi connectivity index (χ2v) is 7.18. The SMILES string of the molecule is CCOc1ccc(C(=O)Oc2ccc(C=NNC(=O)COc3ccccc3Cl)cc2OC)cc1. The first-order chi connectivity index (χ1) is 16.5. The van der Waals surface area contributed by atoms with Crippen LogP contribution in [-0.4, -0.2) is 38.4 Å². The number of para-hydroxylation sites is 1. The Bertz CT molecular complexity index is 1160. The van der Waals surface area contributed by atoms with Crippen molar-refractivity contribution in [3.63, 3.8) is 0 Å². The fraction of sp³-hybridized carbons (Fsp3) is 0.160. The van der Waals surface area contributed by atoms with Crippen LogP contribution >= 0.6 is 11.6 Å². The number of rotatable bonds is 10. The number of hydrogen-bond acceptors (Lipinski definition) is 7. The summed E-state index contributed by atoms with van der Waals surface area (Å²) in [4.78, 5) is 24.4. The number of amides is 1. The fourth-order valence-corrected chi connectivity index (χ4v) is 2.97. The Hall–Kier alpha value is -4.04. The van der Waals surface area contributed by atoms with Crippen LogP contribution < -0.4 is 24.4 Å². The van der Waals surface area contributed by atoms with E-state index < -0.39 is 11.9 Å². The topological polar surface area (TPSA) is 95.5 Å². The molecule has 1 amide bonds. The second-order valence-electron chi connectivity index (χ2n) is 6.77. The van der Waals surface area contributed by atoms with Gasteiger partial charge in [0.05, 0.1) is 30.5 Å². The van der Waals surface area contributed by atoms with Crippen molar-refractivity contribution in [2.75, 3.05) is 20.3 Å². The summed E-state index contributed by atoms with van der Waals surface area (Å²) in [7, 11) is 1.46. The number of esters is 1. The number of benzene rings is 3. The molecule has 0 aliphatic carbocycles. The predicted octanol–water partition coefficient (Wildman–Crippen LogP) is 4.50. The molecule has 0 bridgehead atoms. The summed E-state index contributed by atoms with van der Waals surface area (Å²) in [5.74, 6) is 0.663. The van der Waals surface area contributed by atoms with E-state index in [1.807, 2.05) is 6.92 Å². The predicted molar refractivity (Wildman–Crippen MR) is 128 cm³/mol. The van der Waals surface area contributed by atoms with Gasteiger partial charge in [-0.15, -0.1) is 0 Å². The van der Waals surface area contributed by atoms with Gasteiger partial charge in [-0.2, -0.15) is 5.10 Å². The summed E-state index contributed by atoms with van der Waals surface area (Å²) in [5.41, 5.74) is 3.35. The number of carbonyl (C=O) groups is 2. The molecular weight excluding hydrogens is 460 g/mol. The van der Waals surface area contributed by atoms with Crippen LogP contribution in [0.2, 0.25) is 5.02 Å². The summed E-state index contributed by atoms with van der Waals surface area (Å²) in [5, 5.41) is 4.31. The Morgan fingerprint density at radius 3 is 2.44 bits per heavy atom. The summed E-state index contributed by atoms with van der Waals surface area (Å²) in [6.45, 7) is 2.18. The van der Waals surface area contributed by atoms with E-state index in [1.54, 1.807) is 66.7 Å². The summed E-state index contributed by atoms with van der Waals surface area (Å²) in [6.07, 6.45) is 1.42. The highest BCUT2D eigenvalue weighted by atomic mass is 35.5. The number of hydrazone groups is 1. The van der Waals surface area contributed by atoms with Gasteiger partial charge in [0.25, 0.3) is 5.91 Å². The Kier molecular flexibility index (Phi) is 8.88. The maximum absolute atomic E-state index is 12.5.